The Bertz CT molecular complexity index is 9550. The Hall–Kier alpha value is -16.7. The van der Waals surface area contributed by atoms with Crippen LogP contribution in [-0.2, 0) is 9.31 Å². The summed E-state index contributed by atoms with van der Waals surface area (Å²) in [6.45, 7) is 8.38. The minimum Gasteiger partial charge on any atom is -0.456 e. The van der Waals surface area contributed by atoms with Gasteiger partial charge in [-0.15, -0.1) is 0 Å². The molecule has 0 bridgehead atoms. The number of halogens is 1. The van der Waals surface area contributed by atoms with E-state index in [2.05, 4.69) is 462 Å². The van der Waals surface area contributed by atoms with Gasteiger partial charge in [0.1, 0.15) is 44.7 Å². The van der Waals surface area contributed by atoms with Crippen molar-refractivity contribution in [3.05, 3.63) is 441 Å². The molecule has 1 aliphatic heterocycles. The van der Waals surface area contributed by atoms with Crippen molar-refractivity contribution >= 4 is 203 Å². The SMILES string of the molecule is Brc1ccc2c(c1)c1cc3c(cc1n2-c1cccc(-c2ccccc2)c1)oc1ccccc13.CC1(C)OB(c2ccc3c(c2)c2cc4c(cc2n3-c2cccc(-c3ccccc3)c2)oc2ccccc24)OC1(C)C.c1ccc(-c2cccc(-n3c4ccc(-c5ccc6c(c5)c5cc7c(cc5n6-c5cccc(-c6ccccc6)c5)oc5ccccc57)cc4c4cc5c(cc43)oc3ccccc35)c2)cc1. The Kier molecular flexibility index (Phi) is 18.6. The van der Waals surface area contributed by atoms with Gasteiger partial charge in [0.15, 0.2) is 0 Å². The van der Waals surface area contributed by atoms with Crippen LogP contribution in [0.5, 0.6) is 0 Å². The summed E-state index contributed by atoms with van der Waals surface area (Å²) < 4.78 is 49.0. The van der Waals surface area contributed by atoms with Gasteiger partial charge in [-0.1, -0.05) is 283 Å². The highest BCUT2D eigenvalue weighted by Gasteiger charge is 2.52. The molecule has 28 aromatic rings. The maximum absolute atomic E-state index is 6.50. The van der Waals surface area contributed by atoms with Crippen molar-refractivity contribution in [3.8, 4) is 78.4 Å². The van der Waals surface area contributed by atoms with Crippen LogP contribution in [0.15, 0.2) is 459 Å². The van der Waals surface area contributed by atoms with Crippen LogP contribution in [0.3, 0.4) is 0 Å². The van der Waals surface area contributed by atoms with Crippen molar-refractivity contribution in [1.29, 1.82) is 0 Å². The van der Waals surface area contributed by atoms with Crippen LogP contribution >= 0.6 is 15.9 Å². The van der Waals surface area contributed by atoms with Gasteiger partial charge in [-0.3, -0.25) is 0 Å². The second-order valence-electron chi connectivity index (χ2n) is 37.4. The van der Waals surface area contributed by atoms with Crippen LogP contribution in [0, 0.1) is 0 Å². The summed E-state index contributed by atoms with van der Waals surface area (Å²) in [6, 6.07) is 156. The zero-order valence-electron chi connectivity index (χ0n) is 75.8. The minimum atomic E-state index is -0.428. The van der Waals surface area contributed by atoms with Crippen LogP contribution < -0.4 is 5.46 Å². The van der Waals surface area contributed by atoms with Crippen LogP contribution in [0.1, 0.15) is 27.7 Å². The summed E-state index contributed by atoms with van der Waals surface area (Å²) >= 11 is 3.68. The van der Waals surface area contributed by atoms with Crippen LogP contribution in [-0.4, -0.2) is 36.6 Å². The molecule has 0 amide bonds. The number of furan rings is 4. The topological polar surface area (TPSA) is 90.7 Å². The lowest BCUT2D eigenvalue weighted by Crippen LogP contribution is -2.41. The van der Waals surface area contributed by atoms with Gasteiger partial charge in [0.25, 0.3) is 0 Å². The second kappa shape index (κ2) is 31.7. The van der Waals surface area contributed by atoms with Crippen LogP contribution in [0.4, 0.5) is 0 Å². The summed E-state index contributed by atoms with van der Waals surface area (Å²) in [5.74, 6) is 0. The molecular formula is C126H84BBrN4O6. The first-order chi connectivity index (χ1) is 67.7. The molecule has 8 aromatic heterocycles. The zero-order chi connectivity index (χ0) is 91.8. The summed E-state index contributed by atoms with van der Waals surface area (Å²) in [7, 11) is -0.428. The number of fused-ring (bicyclic) bond motifs is 24. The van der Waals surface area contributed by atoms with E-state index in [0.717, 1.165) is 176 Å². The summed E-state index contributed by atoms with van der Waals surface area (Å²) in [4.78, 5) is 0. The fourth-order valence-electron chi connectivity index (χ4n) is 21.4. The van der Waals surface area contributed by atoms with Gasteiger partial charge in [-0.25, -0.2) is 0 Å². The first-order valence-corrected chi connectivity index (χ1v) is 47.8. The van der Waals surface area contributed by atoms with E-state index < -0.39 is 18.3 Å². The number of aromatic nitrogens is 4. The van der Waals surface area contributed by atoms with Crippen molar-refractivity contribution in [2.45, 2.75) is 38.9 Å². The quantitative estimate of drug-likeness (QED) is 0.127. The average Bonchev–Trinajstić information content (AvgIpc) is 1.57. The third-order valence-corrected chi connectivity index (χ3v) is 29.2. The molecule has 0 N–H and O–H groups in total. The molecule has 0 spiro atoms. The molecule has 0 atom stereocenters. The molecule has 0 radical (unpaired) electrons. The second-order valence-corrected chi connectivity index (χ2v) is 38.3. The van der Waals surface area contributed by atoms with E-state index in [0.29, 0.717) is 0 Å². The standard InChI is InChI=1S/C60H36N2O2.C36H30BNO3.C30H18BrNO/c1-3-13-37(14-4-1)39-17-11-19-43(29-39)61-53-27-25-41(31-47(53)49-33-51-45-21-7-9-23-57(45)63-59(51)35-55(49)61)42-26-28-54-48(32-42)50-34-52-46-22-8-10-24-58(46)64-60(52)36-56(50)62(54)44-20-12-18-40(30-44)38-15-5-2-6-16-38;1-35(2)36(3,4)41-37(40-35)25-17-18-31-28(20-25)29-21-30-27-15-8-9-16-33(27)39-34(30)22-32(29)38(31)26-14-10-13-24(19-26)23-11-6-5-7-12-23;31-21-13-14-27-24(16-21)25-17-26-23-11-4-5-12-29(23)33-30(26)18-28(25)32(27)22-10-6-9-20(15-22)19-7-2-1-3-8-19/h1-36H;5-22H,1-4H3;1-18H. The highest BCUT2D eigenvalue weighted by molar-refractivity contribution is 9.10. The number of hydrogen-bond donors (Lipinski definition) is 0. The van der Waals surface area contributed by atoms with E-state index >= 15 is 0 Å². The molecule has 0 saturated carbocycles. The van der Waals surface area contributed by atoms with Gasteiger partial charge < -0.3 is 45.2 Å². The first-order valence-electron chi connectivity index (χ1n) is 47.0. The van der Waals surface area contributed by atoms with E-state index in [9.17, 15) is 0 Å². The average molecular weight is 1840 g/mol. The fraction of sp³-hybridized carbons (Fsp3) is 0.0476. The number of rotatable bonds is 10. The largest absolute Gasteiger partial charge is 0.494 e. The van der Waals surface area contributed by atoms with Gasteiger partial charge in [-0.05, 0) is 234 Å². The Balaban J connectivity index is 0.000000112. The molecule has 9 heterocycles. The number of hydrogen-bond acceptors (Lipinski definition) is 6. The predicted octanol–water partition coefficient (Wildman–Crippen LogP) is 34.4. The Morgan fingerprint density at radius 1 is 0.181 bits per heavy atom. The molecule has 654 valence electrons. The van der Waals surface area contributed by atoms with Gasteiger partial charge >= 0.3 is 7.12 Å². The van der Waals surface area contributed by atoms with E-state index in [1.807, 2.05) is 36.4 Å². The first kappa shape index (κ1) is 80.9. The lowest BCUT2D eigenvalue weighted by Gasteiger charge is -2.32. The van der Waals surface area contributed by atoms with Crippen molar-refractivity contribution < 1.29 is 27.0 Å². The monoisotopic (exact) mass is 1840 g/mol. The van der Waals surface area contributed by atoms with Gasteiger partial charge in [0.05, 0.1) is 55.3 Å². The van der Waals surface area contributed by atoms with E-state index in [4.69, 9.17) is 27.0 Å². The van der Waals surface area contributed by atoms with E-state index in [1.165, 1.54) is 87.7 Å². The van der Waals surface area contributed by atoms with Crippen molar-refractivity contribution in [2.75, 3.05) is 0 Å². The fourth-order valence-corrected chi connectivity index (χ4v) is 21.7. The lowest BCUT2D eigenvalue weighted by atomic mass is 9.78. The van der Waals surface area contributed by atoms with E-state index in [1.54, 1.807) is 0 Å². The molecule has 138 heavy (non-hydrogen) atoms. The highest BCUT2D eigenvalue weighted by Crippen LogP contribution is 2.48. The summed E-state index contributed by atoms with van der Waals surface area (Å²) in [5.41, 5.74) is 32.7. The lowest BCUT2D eigenvalue weighted by molar-refractivity contribution is 0.00578. The molecule has 1 fully saturated rings. The number of para-hydroxylation sites is 4. The molecule has 20 aromatic carbocycles. The molecule has 10 nitrogen and oxygen atoms in total. The normalized spacial score (nSPS) is 13.3. The Morgan fingerprint density at radius 3 is 0.739 bits per heavy atom. The maximum Gasteiger partial charge on any atom is 0.494 e. The van der Waals surface area contributed by atoms with Crippen molar-refractivity contribution in [3.63, 3.8) is 0 Å². The van der Waals surface area contributed by atoms with Gasteiger partial charge in [-0.2, -0.15) is 0 Å². The molecular weight excluding hydrogens is 1760 g/mol. The van der Waals surface area contributed by atoms with Crippen molar-refractivity contribution in [1.82, 2.24) is 18.3 Å². The number of nitrogens with zero attached hydrogens (tertiary/aromatic N) is 4. The Morgan fingerprint density at radius 2 is 0.428 bits per heavy atom. The van der Waals surface area contributed by atoms with Crippen molar-refractivity contribution in [2.24, 2.45) is 0 Å². The highest BCUT2D eigenvalue weighted by atomic mass is 79.9. The molecule has 12 heteroatoms. The molecule has 1 aliphatic rings. The maximum atomic E-state index is 6.50. The van der Waals surface area contributed by atoms with Crippen LogP contribution in [0.25, 0.3) is 253 Å². The molecule has 29 rings (SSSR count). The smallest absolute Gasteiger partial charge is 0.456 e. The Labute approximate surface area is 801 Å². The minimum absolute atomic E-state index is 0.402. The third kappa shape index (κ3) is 13.3. The summed E-state index contributed by atoms with van der Waals surface area (Å²) in [6.07, 6.45) is 0. The van der Waals surface area contributed by atoms with E-state index in [-0.39, 0.29) is 0 Å². The van der Waals surface area contributed by atoms with Gasteiger partial charge in [0.2, 0.25) is 0 Å². The summed E-state index contributed by atoms with van der Waals surface area (Å²) in [5, 5.41) is 18.5. The molecule has 0 unspecified atom stereocenters. The van der Waals surface area contributed by atoms with Crippen LogP contribution in [0.2, 0.25) is 0 Å². The van der Waals surface area contributed by atoms with Gasteiger partial charge in [0, 0.05) is 138 Å². The number of benzene rings is 20. The molecule has 0 aliphatic carbocycles. The predicted molar refractivity (Wildman–Crippen MR) is 576 cm³/mol. The molecule has 1 saturated heterocycles. The third-order valence-electron chi connectivity index (χ3n) is 28.7. The zero-order valence-corrected chi connectivity index (χ0v) is 77.3.